The van der Waals surface area contributed by atoms with Crippen LogP contribution in [-0.2, 0) is 0 Å². The zero-order valence-electron chi connectivity index (χ0n) is 11.2. The van der Waals surface area contributed by atoms with E-state index in [1.807, 2.05) is 11.9 Å². The standard InChI is InChI=1S/C14H21NO3/c1-4-5-10(2)15(3)9-14(18)12-7-6-11(16)8-13(12)17/h6-8,10,16-17H,4-5,9H2,1-3H3. The third-order valence-corrected chi connectivity index (χ3v) is 3.13. The molecule has 1 aromatic carbocycles. The smallest absolute Gasteiger partial charge is 0.180 e. The second-order valence-electron chi connectivity index (χ2n) is 4.68. The van der Waals surface area contributed by atoms with Crippen LogP contribution in [-0.4, -0.2) is 40.5 Å². The SMILES string of the molecule is CCCC(C)N(C)CC(=O)c1ccc(O)cc1O. The number of hydrogen-bond donors (Lipinski definition) is 2. The van der Waals surface area contributed by atoms with E-state index < -0.39 is 0 Å². The molecule has 1 aromatic rings. The Morgan fingerprint density at radius 2 is 2.06 bits per heavy atom. The fraction of sp³-hybridized carbons (Fsp3) is 0.500. The molecule has 0 amide bonds. The van der Waals surface area contributed by atoms with Gasteiger partial charge in [-0.1, -0.05) is 13.3 Å². The van der Waals surface area contributed by atoms with Crippen molar-refractivity contribution in [2.45, 2.75) is 32.7 Å². The lowest BCUT2D eigenvalue weighted by atomic mass is 10.1. The number of aromatic hydroxyl groups is 2. The van der Waals surface area contributed by atoms with Gasteiger partial charge in [-0.3, -0.25) is 9.69 Å². The lowest BCUT2D eigenvalue weighted by Crippen LogP contribution is -2.33. The average molecular weight is 251 g/mol. The summed E-state index contributed by atoms with van der Waals surface area (Å²) in [7, 11) is 1.90. The van der Waals surface area contributed by atoms with Crippen LogP contribution in [0.15, 0.2) is 18.2 Å². The number of hydrogen-bond acceptors (Lipinski definition) is 4. The molecular weight excluding hydrogens is 230 g/mol. The number of carbonyl (C=O) groups excluding carboxylic acids is 1. The summed E-state index contributed by atoms with van der Waals surface area (Å²) in [5, 5.41) is 18.8. The van der Waals surface area contributed by atoms with Crippen LogP contribution in [0.5, 0.6) is 11.5 Å². The molecule has 2 N–H and O–H groups in total. The minimum Gasteiger partial charge on any atom is -0.508 e. The van der Waals surface area contributed by atoms with Crippen molar-refractivity contribution in [2.75, 3.05) is 13.6 Å². The second kappa shape index (κ2) is 6.40. The van der Waals surface area contributed by atoms with Crippen LogP contribution >= 0.6 is 0 Å². The van der Waals surface area contributed by atoms with Crippen molar-refractivity contribution in [3.63, 3.8) is 0 Å². The summed E-state index contributed by atoms with van der Waals surface area (Å²) in [5.74, 6) is -0.355. The summed E-state index contributed by atoms with van der Waals surface area (Å²) in [6.45, 7) is 4.45. The van der Waals surface area contributed by atoms with E-state index in [4.69, 9.17) is 0 Å². The lowest BCUT2D eigenvalue weighted by molar-refractivity contribution is 0.0918. The highest BCUT2D eigenvalue weighted by molar-refractivity contribution is 6.00. The molecule has 1 rings (SSSR count). The molecule has 1 atom stereocenters. The molecule has 0 aliphatic carbocycles. The molecule has 0 aliphatic rings. The van der Waals surface area contributed by atoms with Crippen molar-refractivity contribution in [3.8, 4) is 11.5 Å². The summed E-state index contributed by atoms with van der Waals surface area (Å²) in [6.07, 6.45) is 2.11. The monoisotopic (exact) mass is 251 g/mol. The molecule has 0 aliphatic heterocycles. The number of rotatable bonds is 6. The van der Waals surface area contributed by atoms with Gasteiger partial charge in [0, 0.05) is 12.1 Å². The van der Waals surface area contributed by atoms with E-state index in [1.165, 1.54) is 18.2 Å². The minimum atomic E-state index is -0.170. The number of benzene rings is 1. The predicted octanol–water partition coefficient (Wildman–Crippen LogP) is 2.40. The van der Waals surface area contributed by atoms with E-state index >= 15 is 0 Å². The maximum Gasteiger partial charge on any atom is 0.180 e. The van der Waals surface area contributed by atoms with Gasteiger partial charge in [0.2, 0.25) is 0 Å². The highest BCUT2D eigenvalue weighted by Crippen LogP contribution is 2.23. The van der Waals surface area contributed by atoms with Crippen molar-refractivity contribution < 1.29 is 15.0 Å². The van der Waals surface area contributed by atoms with Gasteiger partial charge in [0.25, 0.3) is 0 Å². The van der Waals surface area contributed by atoms with Gasteiger partial charge in [-0.2, -0.15) is 0 Å². The van der Waals surface area contributed by atoms with Gasteiger partial charge in [-0.05, 0) is 32.5 Å². The Balaban J connectivity index is 2.70. The lowest BCUT2D eigenvalue weighted by Gasteiger charge is -2.23. The molecule has 0 saturated heterocycles. The Morgan fingerprint density at radius 3 is 2.61 bits per heavy atom. The van der Waals surface area contributed by atoms with Crippen LogP contribution in [0, 0.1) is 0 Å². The summed E-state index contributed by atoms with van der Waals surface area (Å²) >= 11 is 0. The first-order valence-corrected chi connectivity index (χ1v) is 6.21. The highest BCUT2D eigenvalue weighted by Gasteiger charge is 2.16. The Labute approximate surface area is 108 Å². The zero-order chi connectivity index (χ0) is 13.7. The molecule has 0 aromatic heterocycles. The van der Waals surface area contributed by atoms with Crippen LogP contribution < -0.4 is 0 Å². The van der Waals surface area contributed by atoms with Gasteiger partial charge in [0.05, 0.1) is 12.1 Å². The summed E-state index contributed by atoms with van der Waals surface area (Å²) < 4.78 is 0. The molecule has 0 bridgehead atoms. The first-order valence-electron chi connectivity index (χ1n) is 6.21. The number of nitrogens with zero attached hydrogens (tertiary/aromatic N) is 1. The van der Waals surface area contributed by atoms with Crippen molar-refractivity contribution in [1.82, 2.24) is 4.90 Å². The highest BCUT2D eigenvalue weighted by atomic mass is 16.3. The third-order valence-electron chi connectivity index (χ3n) is 3.13. The predicted molar refractivity (Wildman–Crippen MR) is 71.1 cm³/mol. The van der Waals surface area contributed by atoms with E-state index in [9.17, 15) is 15.0 Å². The Kier molecular flexibility index (Phi) is 5.16. The van der Waals surface area contributed by atoms with Crippen LogP contribution in [0.3, 0.4) is 0 Å². The maximum absolute atomic E-state index is 12.0. The normalized spacial score (nSPS) is 12.7. The molecule has 18 heavy (non-hydrogen) atoms. The van der Waals surface area contributed by atoms with Gasteiger partial charge >= 0.3 is 0 Å². The van der Waals surface area contributed by atoms with Gasteiger partial charge < -0.3 is 10.2 Å². The van der Waals surface area contributed by atoms with Gasteiger partial charge in [0.15, 0.2) is 5.78 Å². The number of carbonyl (C=O) groups is 1. The van der Waals surface area contributed by atoms with E-state index in [0.717, 1.165) is 12.8 Å². The topological polar surface area (TPSA) is 60.8 Å². The zero-order valence-corrected chi connectivity index (χ0v) is 11.2. The molecule has 0 fully saturated rings. The molecule has 4 heteroatoms. The molecule has 4 nitrogen and oxygen atoms in total. The third kappa shape index (κ3) is 3.74. The summed E-state index contributed by atoms with van der Waals surface area (Å²) in [4.78, 5) is 14.0. The number of phenols is 2. The summed E-state index contributed by atoms with van der Waals surface area (Å²) in [6, 6.07) is 4.37. The molecule has 0 spiro atoms. The Bertz CT molecular complexity index is 418. The molecule has 0 radical (unpaired) electrons. The Morgan fingerprint density at radius 1 is 1.39 bits per heavy atom. The van der Waals surface area contributed by atoms with E-state index in [2.05, 4.69) is 13.8 Å². The Hall–Kier alpha value is -1.55. The molecule has 1 unspecified atom stereocenters. The fourth-order valence-electron chi connectivity index (χ4n) is 1.86. The van der Waals surface area contributed by atoms with Gasteiger partial charge in [-0.25, -0.2) is 0 Å². The van der Waals surface area contributed by atoms with Crippen LogP contribution in [0.1, 0.15) is 37.0 Å². The minimum absolute atomic E-state index is 0.0447. The molecular formula is C14H21NO3. The van der Waals surface area contributed by atoms with E-state index in [1.54, 1.807) is 0 Å². The van der Waals surface area contributed by atoms with E-state index in [-0.39, 0.29) is 29.4 Å². The first kappa shape index (κ1) is 14.5. The number of phenolic OH excluding ortho intramolecular Hbond substituents is 2. The maximum atomic E-state index is 12.0. The van der Waals surface area contributed by atoms with Gasteiger partial charge in [0.1, 0.15) is 11.5 Å². The van der Waals surface area contributed by atoms with Crippen LogP contribution in [0.25, 0.3) is 0 Å². The van der Waals surface area contributed by atoms with Crippen molar-refractivity contribution in [2.24, 2.45) is 0 Å². The van der Waals surface area contributed by atoms with Crippen LogP contribution in [0.2, 0.25) is 0 Å². The van der Waals surface area contributed by atoms with Gasteiger partial charge in [-0.15, -0.1) is 0 Å². The van der Waals surface area contributed by atoms with E-state index in [0.29, 0.717) is 6.04 Å². The van der Waals surface area contributed by atoms with Crippen LogP contribution in [0.4, 0.5) is 0 Å². The largest absolute Gasteiger partial charge is 0.508 e. The van der Waals surface area contributed by atoms with Crippen molar-refractivity contribution in [3.05, 3.63) is 23.8 Å². The van der Waals surface area contributed by atoms with Crippen molar-refractivity contribution in [1.29, 1.82) is 0 Å². The quantitative estimate of drug-likeness (QED) is 0.762. The average Bonchev–Trinajstić information content (AvgIpc) is 2.28. The number of ketones is 1. The molecule has 0 saturated carbocycles. The molecule has 100 valence electrons. The second-order valence-corrected chi connectivity index (χ2v) is 4.68. The first-order chi connectivity index (χ1) is 8.45. The van der Waals surface area contributed by atoms with Crippen molar-refractivity contribution >= 4 is 5.78 Å². The summed E-state index contributed by atoms with van der Waals surface area (Å²) in [5.41, 5.74) is 0.253. The molecule has 0 heterocycles. The number of likely N-dealkylation sites (N-methyl/N-ethyl adjacent to an activating group) is 1. The fourth-order valence-corrected chi connectivity index (χ4v) is 1.86. The number of Topliss-reactive ketones (excluding diaryl/α,β-unsaturated/α-hetero) is 1.